The average molecular weight is 300 g/mol. The van der Waals surface area contributed by atoms with E-state index in [9.17, 15) is 14.7 Å². The molecule has 0 spiro atoms. The van der Waals surface area contributed by atoms with E-state index in [4.69, 9.17) is 10.2 Å². The molecule has 1 aromatic heterocycles. The fourth-order valence-electron chi connectivity index (χ4n) is 1.91. The molecule has 2 heterocycles. The molecule has 1 unspecified atom stereocenters. The molecule has 1 atom stereocenters. The predicted octanol–water partition coefficient (Wildman–Crippen LogP) is 0.733. The van der Waals surface area contributed by atoms with Crippen LogP contribution in [0.2, 0.25) is 0 Å². The van der Waals surface area contributed by atoms with Gasteiger partial charge >= 0.3 is 6.03 Å². The van der Waals surface area contributed by atoms with Crippen LogP contribution in [0, 0.1) is 0 Å². The SMILES string of the molecule is Nc1ccc(-c2ccc(/C=N/N3C(=O)NC(=O)C3O)o2)cc1. The van der Waals surface area contributed by atoms with Gasteiger partial charge in [0, 0.05) is 11.3 Å². The number of furan rings is 1. The van der Waals surface area contributed by atoms with Gasteiger partial charge in [-0.3, -0.25) is 10.1 Å². The third kappa shape index (κ3) is 2.54. The summed E-state index contributed by atoms with van der Waals surface area (Å²) in [5, 5.41) is 15.8. The van der Waals surface area contributed by atoms with Crippen LogP contribution in [0.25, 0.3) is 11.3 Å². The van der Waals surface area contributed by atoms with Crippen LogP contribution in [0.5, 0.6) is 0 Å². The maximum Gasteiger partial charge on any atom is 0.347 e. The summed E-state index contributed by atoms with van der Waals surface area (Å²) >= 11 is 0. The lowest BCUT2D eigenvalue weighted by Gasteiger charge is -2.08. The molecule has 3 rings (SSSR count). The number of urea groups is 1. The van der Waals surface area contributed by atoms with Crippen LogP contribution in [0.3, 0.4) is 0 Å². The standard InChI is InChI=1S/C14H12N4O4/c15-9-3-1-8(2-4-9)11-6-5-10(22-11)7-16-18-13(20)12(19)17-14(18)21/h1-7,13,20H,15H2,(H,17,19,21)/b16-7+. The highest BCUT2D eigenvalue weighted by atomic mass is 16.3. The van der Waals surface area contributed by atoms with Gasteiger partial charge in [0.2, 0.25) is 6.23 Å². The molecule has 8 nitrogen and oxygen atoms in total. The largest absolute Gasteiger partial charge is 0.455 e. The van der Waals surface area contributed by atoms with Crippen molar-refractivity contribution in [1.82, 2.24) is 10.3 Å². The van der Waals surface area contributed by atoms with Crippen molar-refractivity contribution in [3.05, 3.63) is 42.2 Å². The molecule has 0 aliphatic carbocycles. The first-order valence-corrected chi connectivity index (χ1v) is 6.36. The number of amides is 3. The zero-order chi connectivity index (χ0) is 15.7. The molecule has 22 heavy (non-hydrogen) atoms. The van der Waals surface area contributed by atoms with E-state index in [2.05, 4.69) is 5.10 Å². The highest BCUT2D eigenvalue weighted by Crippen LogP contribution is 2.22. The molecule has 1 aromatic carbocycles. The molecule has 1 fully saturated rings. The minimum atomic E-state index is -1.63. The maximum atomic E-state index is 11.4. The van der Waals surface area contributed by atoms with Crippen LogP contribution in [-0.2, 0) is 4.79 Å². The molecule has 0 radical (unpaired) electrons. The van der Waals surface area contributed by atoms with Crippen molar-refractivity contribution in [3.8, 4) is 11.3 Å². The second-order valence-corrected chi connectivity index (χ2v) is 4.58. The van der Waals surface area contributed by atoms with E-state index < -0.39 is 18.2 Å². The fourth-order valence-corrected chi connectivity index (χ4v) is 1.91. The van der Waals surface area contributed by atoms with Gasteiger partial charge in [0.05, 0.1) is 6.21 Å². The number of aliphatic hydroxyl groups is 1. The Hall–Kier alpha value is -3.13. The van der Waals surface area contributed by atoms with Gasteiger partial charge in [-0.15, -0.1) is 0 Å². The third-order valence-corrected chi connectivity index (χ3v) is 3.04. The van der Waals surface area contributed by atoms with E-state index in [1.165, 1.54) is 6.21 Å². The molecule has 0 saturated carbocycles. The first-order chi connectivity index (χ1) is 10.5. The highest BCUT2D eigenvalue weighted by molar-refractivity contribution is 6.03. The lowest BCUT2D eigenvalue weighted by atomic mass is 10.1. The van der Waals surface area contributed by atoms with Crippen molar-refractivity contribution in [1.29, 1.82) is 0 Å². The molecular formula is C14H12N4O4. The van der Waals surface area contributed by atoms with Crippen LogP contribution in [-0.4, -0.2) is 34.5 Å². The summed E-state index contributed by atoms with van der Waals surface area (Å²) in [7, 11) is 0. The molecule has 4 N–H and O–H groups in total. The van der Waals surface area contributed by atoms with Crippen molar-refractivity contribution in [3.63, 3.8) is 0 Å². The van der Waals surface area contributed by atoms with Crippen LogP contribution in [0.1, 0.15) is 5.76 Å². The van der Waals surface area contributed by atoms with Crippen molar-refractivity contribution < 1.29 is 19.1 Å². The number of nitrogens with one attached hydrogen (secondary N) is 1. The number of anilines is 1. The molecule has 1 aliphatic rings. The molecule has 3 amide bonds. The zero-order valence-corrected chi connectivity index (χ0v) is 11.3. The van der Waals surface area contributed by atoms with Crippen molar-refractivity contribution in [2.75, 3.05) is 5.73 Å². The second-order valence-electron chi connectivity index (χ2n) is 4.58. The Labute approximate surface area is 124 Å². The minimum absolute atomic E-state index is 0.367. The Bertz CT molecular complexity index is 750. The van der Waals surface area contributed by atoms with E-state index >= 15 is 0 Å². The first kappa shape index (κ1) is 13.8. The Morgan fingerprint density at radius 1 is 1.23 bits per heavy atom. The molecule has 2 aromatic rings. The lowest BCUT2D eigenvalue weighted by Crippen LogP contribution is -2.30. The van der Waals surface area contributed by atoms with E-state index in [0.717, 1.165) is 5.56 Å². The van der Waals surface area contributed by atoms with Gasteiger partial charge in [-0.05, 0) is 36.4 Å². The molecule has 8 heteroatoms. The predicted molar refractivity (Wildman–Crippen MR) is 77.5 cm³/mol. The molecular weight excluding hydrogens is 288 g/mol. The maximum absolute atomic E-state index is 11.4. The minimum Gasteiger partial charge on any atom is -0.455 e. The molecule has 112 valence electrons. The second kappa shape index (κ2) is 5.34. The number of carbonyl (C=O) groups excluding carboxylic acids is 2. The number of nitrogens with two attached hydrogens (primary N) is 1. The first-order valence-electron chi connectivity index (χ1n) is 6.36. The van der Waals surface area contributed by atoms with Gasteiger partial charge < -0.3 is 15.3 Å². The number of carbonyl (C=O) groups is 2. The number of benzene rings is 1. The van der Waals surface area contributed by atoms with E-state index in [1.54, 1.807) is 24.3 Å². The van der Waals surface area contributed by atoms with E-state index in [-0.39, 0.29) is 0 Å². The number of nitrogens with zero attached hydrogens (tertiary/aromatic N) is 2. The summed E-state index contributed by atoms with van der Waals surface area (Å²) in [6.07, 6.45) is -0.391. The highest BCUT2D eigenvalue weighted by Gasteiger charge is 2.37. The van der Waals surface area contributed by atoms with Crippen LogP contribution < -0.4 is 11.1 Å². The number of hydrazone groups is 1. The Morgan fingerprint density at radius 2 is 1.95 bits per heavy atom. The topological polar surface area (TPSA) is 121 Å². The quantitative estimate of drug-likeness (QED) is 0.438. The van der Waals surface area contributed by atoms with Crippen molar-refractivity contribution in [2.24, 2.45) is 5.10 Å². The summed E-state index contributed by atoms with van der Waals surface area (Å²) in [6, 6.07) is 9.72. The molecule has 1 aliphatic heterocycles. The van der Waals surface area contributed by atoms with E-state index in [1.807, 2.05) is 17.4 Å². The van der Waals surface area contributed by atoms with Gasteiger partial charge in [-0.25, -0.2) is 4.79 Å². The number of rotatable bonds is 3. The fraction of sp³-hybridized carbons (Fsp3) is 0.0714. The monoisotopic (exact) mass is 300 g/mol. The number of hydrogen-bond donors (Lipinski definition) is 3. The number of nitrogen functional groups attached to an aromatic ring is 1. The Kier molecular flexibility index (Phi) is 3.36. The summed E-state index contributed by atoms with van der Waals surface area (Å²) in [4.78, 5) is 22.4. The Morgan fingerprint density at radius 3 is 2.59 bits per heavy atom. The lowest BCUT2D eigenvalue weighted by molar-refractivity contribution is -0.130. The van der Waals surface area contributed by atoms with Crippen molar-refractivity contribution in [2.45, 2.75) is 6.23 Å². The number of aliphatic hydroxyl groups excluding tert-OH is 1. The summed E-state index contributed by atoms with van der Waals surface area (Å²) in [5.41, 5.74) is 7.10. The van der Waals surface area contributed by atoms with Gasteiger partial charge in [-0.1, -0.05) is 0 Å². The Balaban J connectivity index is 1.77. The van der Waals surface area contributed by atoms with Crippen molar-refractivity contribution >= 4 is 23.8 Å². The zero-order valence-electron chi connectivity index (χ0n) is 11.3. The molecule has 0 bridgehead atoms. The molecule has 1 saturated heterocycles. The van der Waals surface area contributed by atoms with Gasteiger partial charge in [0.1, 0.15) is 11.5 Å². The van der Waals surface area contributed by atoms with Crippen LogP contribution in [0.4, 0.5) is 10.5 Å². The van der Waals surface area contributed by atoms with E-state index in [0.29, 0.717) is 22.2 Å². The van der Waals surface area contributed by atoms with Gasteiger partial charge in [0.15, 0.2) is 0 Å². The van der Waals surface area contributed by atoms with Crippen LogP contribution >= 0.6 is 0 Å². The normalized spacial score (nSPS) is 18.2. The van der Waals surface area contributed by atoms with Crippen LogP contribution in [0.15, 0.2) is 45.9 Å². The van der Waals surface area contributed by atoms with Gasteiger partial charge in [0.25, 0.3) is 5.91 Å². The number of imide groups is 1. The summed E-state index contributed by atoms with van der Waals surface area (Å²) < 4.78 is 5.55. The average Bonchev–Trinajstić information content (AvgIpc) is 3.05. The summed E-state index contributed by atoms with van der Waals surface area (Å²) in [6.45, 7) is 0. The summed E-state index contributed by atoms with van der Waals surface area (Å²) in [5.74, 6) is 0.152. The van der Waals surface area contributed by atoms with Gasteiger partial charge in [-0.2, -0.15) is 10.1 Å². The smallest absolute Gasteiger partial charge is 0.347 e. The number of hydrogen-bond acceptors (Lipinski definition) is 6. The third-order valence-electron chi connectivity index (χ3n) is 3.04.